The van der Waals surface area contributed by atoms with Crippen LogP contribution in [0, 0.1) is 0 Å². The smallest absolute Gasteiger partial charge is 0.241 e. The first-order chi connectivity index (χ1) is 12.7. The number of amides is 1. The second-order valence-corrected chi connectivity index (χ2v) is 8.13. The van der Waals surface area contributed by atoms with Gasteiger partial charge in [0, 0.05) is 0 Å². The van der Waals surface area contributed by atoms with Crippen molar-refractivity contribution in [2.45, 2.75) is 37.8 Å². The van der Waals surface area contributed by atoms with Crippen molar-refractivity contribution in [3.05, 3.63) is 59.1 Å². The van der Waals surface area contributed by atoms with E-state index in [-0.39, 0.29) is 16.0 Å². The van der Waals surface area contributed by atoms with E-state index in [1.807, 2.05) is 37.3 Å². The SMILES string of the molecule is CCOc1ccc(S(=O)(=O)N[C@@H](C)C(=O)N[C@H](C)c2ccccc2)cc1Cl. The molecule has 0 heterocycles. The van der Waals surface area contributed by atoms with Gasteiger partial charge in [-0.1, -0.05) is 41.9 Å². The van der Waals surface area contributed by atoms with Crippen molar-refractivity contribution in [2.24, 2.45) is 0 Å². The van der Waals surface area contributed by atoms with Crippen LogP contribution in [0.15, 0.2) is 53.4 Å². The van der Waals surface area contributed by atoms with Gasteiger partial charge in [0.1, 0.15) is 5.75 Å². The van der Waals surface area contributed by atoms with Crippen molar-refractivity contribution in [3.63, 3.8) is 0 Å². The van der Waals surface area contributed by atoms with Crippen LogP contribution in [-0.2, 0) is 14.8 Å². The summed E-state index contributed by atoms with van der Waals surface area (Å²) in [6.07, 6.45) is 0. The highest BCUT2D eigenvalue weighted by Crippen LogP contribution is 2.27. The minimum Gasteiger partial charge on any atom is -0.492 e. The lowest BCUT2D eigenvalue weighted by Crippen LogP contribution is -2.45. The van der Waals surface area contributed by atoms with Gasteiger partial charge in [-0.3, -0.25) is 4.79 Å². The lowest BCUT2D eigenvalue weighted by Gasteiger charge is -2.19. The summed E-state index contributed by atoms with van der Waals surface area (Å²) in [5.41, 5.74) is 0.930. The highest BCUT2D eigenvalue weighted by atomic mass is 35.5. The zero-order valence-electron chi connectivity index (χ0n) is 15.4. The molecule has 2 rings (SSSR count). The quantitative estimate of drug-likeness (QED) is 0.699. The number of nitrogens with one attached hydrogen (secondary N) is 2. The van der Waals surface area contributed by atoms with Crippen LogP contribution in [0.2, 0.25) is 5.02 Å². The normalized spacial score (nSPS) is 13.6. The molecule has 0 radical (unpaired) electrons. The molecule has 2 atom stereocenters. The maximum absolute atomic E-state index is 12.5. The Morgan fingerprint density at radius 3 is 2.41 bits per heavy atom. The molecule has 0 bridgehead atoms. The first-order valence-corrected chi connectivity index (χ1v) is 10.4. The number of benzene rings is 2. The van der Waals surface area contributed by atoms with Crippen molar-refractivity contribution in [2.75, 3.05) is 6.61 Å². The van der Waals surface area contributed by atoms with Gasteiger partial charge in [-0.25, -0.2) is 8.42 Å². The summed E-state index contributed by atoms with van der Waals surface area (Å²) in [6, 6.07) is 12.4. The standard InChI is InChI=1S/C19H23ClN2O4S/c1-4-26-18-11-10-16(12-17(18)20)27(24,25)22-14(3)19(23)21-13(2)15-8-6-5-7-9-15/h5-14,22H,4H2,1-3H3,(H,21,23)/t13-,14+/m1/s1. The van der Waals surface area contributed by atoms with Gasteiger partial charge in [0.15, 0.2) is 0 Å². The van der Waals surface area contributed by atoms with Gasteiger partial charge in [0.05, 0.1) is 28.6 Å². The van der Waals surface area contributed by atoms with Gasteiger partial charge in [0.25, 0.3) is 0 Å². The molecule has 2 N–H and O–H groups in total. The number of sulfonamides is 1. The van der Waals surface area contributed by atoms with Gasteiger partial charge in [-0.2, -0.15) is 4.72 Å². The van der Waals surface area contributed by atoms with E-state index in [1.54, 1.807) is 6.92 Å². The summed E-state index contributed by atoms with van der Waals surface area (Å²) in [5, 5.41) is 2.98. The summed E-state index contributed by atoms with van der Waals surface area (Å²) in [4.78, 5) is 12.3. The Morgan fingerprint density at radius 1 is 1.15 bits per heavy atom. The van der Waals surface area contributed by atoms with Crippen molar-refractivity contribution in [1.29, 1.82) is 0 Å². The number of hydrogen-bond donors (Lipinski definition) is 2. The molecule has 6 nitrogen and oxygen atoms in total. The summed E-state index contributed by atoms with van der Waals surface area (Å²) in [7, 11) is -3.91. The number of rotatable bonds is 8. The molecule has 0 aromatic heterocycles. The number of halogens is 1. The van der Waals surface area contributed by atoms with E-state index < -0.39 is 22.0 Å². The van der Waals surface area contributed by atoms with Gasteiger partial charge in [-0.05, 0) is 44.5 Å². The van der Waals surface area contributed by atoms with E-state index in [9.17, 15) is 13.2 Å². The average molecular weight is 411 g/mol. The Morgan fingerprint density at radius 2 is 1.81 bits per heavy atom. The highest BCUT2D eigenvalue weighted by Gasteiger charge is 2.24. The van der Waals surface area contributed by atoms with Crippen molar-refractivity contribution < 1.29 is 17.9 Å². The molecule has 8 heteroatoms. The van der Waals surface area contributed by atoms with Crippen LogP contribution < -0.4 is 14.8 Å². The summed E-state index contributed by atoms with van der Waals surface area (Å²) in [5.74, 6) is -0.0208. The molecule has 1 amide bonds. The third kappa shape index (κ3) is 5.69. The third-order valence-electron chi connectivity index (χ3n) is 3.90. The fraction of sp³-hybridized carbons (Fsp3) is 0.316. The first-order valence-electron chi connectivity index (χ1n) is 8.54. The van der Waals surface area contributed by atoms with Gasteiger partial charge >= 0.3 is 0 Å². The van der Waals surface area contributed by atoms with Crippen molar-refractivity contribution in [1.82, 2.24) is 10.0 Å². The first kappa shape index (κ1) is 21.2. The van der Waals surface area contributed by atoms with E-state index in [4.69, 9.17) is 16.3 Å². The molecule has 0 fully saturated rings. The molecule has 27 heavy (non-hydrogen) atoms. The Kier molecular flexibility index (Phi) is 7.24. The average Bonchev–Trinajstić information content (AvgIpc) is 2.63. The fourth-order valence-corrected chi connectivity index (χ4v) is 3.97. The lowest BCUT2D eigenvalue weighted by molar-refractivity contribution is -0.123. The number of ether oxygens (including phenoxy) is 1. The Hall–Kier alpha value is -2.09. The van der Waals surface area contributed by atoms with Crippen LogP contribution >= 0.6 is 11.6 Å². The van der Waals surface area contributed by atoms with Crippen LogP contribution in [0.4, 0.5) is 0 Å². The van der Waals surface area contributed by atoms with E-state index in [2.05, 4.69) is 10.0 Å². The minimum atomic E-state index is -3.91. The fourth-order valence-electron chi connectivity index (χ4n) is 2.44. The highest BCUT2D eigenvalue weighted by molar-refractivity contribution is 7.89. The lowest BCUT2D eigenvalue weighted by atomic mass is 10.1. The van der Waals surface area contributed by atoms with Crippen LogP contribution in [0.5, 0.6) is 5.75 Å². The molecule has 0 saturated heterocycles. The van der Waals surface area contributed by atoms with Crippen LogP contribution in [0.3, 0.4) is 0 Å². The summed E-state index contributed by atoms with van der Waals surface area (Å²) in [6.45, 7) is 5.54. The predicted molar refractivity (Wildman–Crippen MR) is 105 cm³/mol. The maximum atomic E-state index is 12.5. The molecule has 2 aromatic carbocycles. The zero-order chi connectivity index (χ0) is 20.0. The van der Waals surface area contributed by atoms with Crippen LogP contribution in [0.25, 0.3) is 0 Å². The van der Waals surface area contributed by atoms with Crippen molar-refractivity contribution >= 4 is 27.5 Å². The number of carbonyl (C=O) groups excluding carboxylic acids is 1. The molecule has 146 valence electrons. The molecular weight excluding hydrogens is 388 g/mol. The van der Waals surface area contributed by atoms with E-state index in [0.29, 0.717) is 12.4 Å². The van der Waals surface area contributed by atoms with Gasteiger partial charge < -0.3 is 10.1 Å². The molecule has 0 unspecified atom stereocenters. The third-order valence-corrected chi connectivity index (χ3v) is 5.73. The maximum Gasteiger partial charge on any atom is 0.241 e. The van der Waals surface area contributed by atoms with E-state index in [0.717, 1.165) is 5.56 Å². The summed E-state index contributed by atoms with van der Waals surface area (Å²) >= 11 is 6.05. The Labute approximate surface area is 164 Å². The monoisotopic (exact) mass is 410 g/mol. The van der Waals surface area contributed by atoms with Crippen molar-refractivity contribution in [3.8, 4) is 5.75 Å². The van der Waals surface area contributed by atoms with Crippen LogP contribution in [-0.4, -0.2) is 27.0 Å². The molecule has 0 spiro atoms. The van der Waals surface area contributed by atoms with Gasteiger partial charge in [-0.15, -0.1) is 0 Å². The molecular formula is C19H23ClN2O4S. The molecule has 0 aliphatic heterocycles. The predicted octanol–water partition coefficient (Wildman–Crippen LogP) is 3.28. The summed E-state index contributed by atoms with van der Waals surface area (Å²) < 4.78 is 32.7. The van der Waals surface area contributed by atoms with Gasteiger partial charge in [0.2, 0.25) is 15.9 Å². The van der Waals surface area contributed by atoms with E-state index >= 15 is 0 Å². The molecule has 2 aromatic rings. The second kappa shape index (κ2) is 9.21. The molecule has 0 saturated carbocycles. The largest absolute Gasteiger partial charge is 0.492 e. The topological polar surface area (TPSA) is 84.5 Å². The second-order valence-electron chi connectivity index (χ2n) is 6.01. The van der Waals surface area contributed by atoms with E-state index in [1.165, 1.54) is 25.1 Å². The van der Waals surface area contributed by atoms with Crippen LogP contribution in [0.1, 0.15) is 32.4 Å². The number of hydrogen-bond acceptors (Lipinski definition) is 4. The number of carbonyl (C=O) groups is 1. The molecule has 0 aliphatic rings. The molecule has 0 aliphatic carbocycles. The Bertz CT molecular complexity index is 888. The minimum absolute atomic E-state index is 0.0355. The Balaban J connectivity index is 2.05. The zero-order valence-corrected chi connectivity index (χ0v) is 17.0.